The van der Waals surface area contributed by atoms with Crippen molar-refractivity contribution in [3.63, 3.8) is 0 Å². The first-order valence-electron chi connectivity index (χ1n) is 8.18. The van der Waals surface area contributed by atoms with Crippen LogP contribution in [0.1, 0.15) is 32.1 Å². The number of nitrogens with zero attached hydrogens (tertiary/aromatic N) is 1. The molecular formula is C21H18FNO3. The van der Waals surface area contributed by atoms with E-state index in [1.165, 1.54) is 18.2 Å². The molecule has 0 aliphatic rings. The third-order valence-corrected chi connectivity index (χ3v) is 4.17. The summed E-state index contributed by atoms with van der Waals surface area (Å²) in [6, 6.07) is 17.0. The van der Waals surface area contributed by atoms with Gasteiger partial charge in [-0.05, 0) is 44.2 Å². The molecule has 0 spiro atoms. The molecule has 1 aromatic heterocycles. The average molecular weight is 351 g/mol. The molecule has 0 aliphatic heterocycles. The number of hydrogen-bond acceptors (Lipinski definition) is 3. The smallest absolute Gasteiger partial charge is 0.340 e. The molecule has 0 unspecified atom stereocenters. The van der Waals surface area contributed by atoms with Crippen molar-refractivity contribution in [1.29, 1.82) is 0 Å². The second-order valence-corrected chi connectivity index (χ2v) is 5.93. The van der Waals surface area contributed by atoms with Gasteiger partial charge in [-0.1, -0.05) is 30.3 Å². The maximum absolute atomic E-state index is 13.6. The van der Waals surface area contributed by atoms with E-state index in [2.05, 4.69) is 0 Å². The minimum absolute atomic E-state index is 0.0879. The van der Waals surface area contributed by atoms with Crippen molar-refractivity contribution < 1.29 is 18.7 Å². The van der Waals surface area contributed by atoms with E-state index in [0.717, 1.165) is 17.1 Å². The fourth-order valence-corrected chi connectivity index (χ4v) is 2.92. The predicted molar refractivity (Wildman–Crippen MR) is 96.3 cm³/mol. The van der Waals surface area contributed by atoms with Crippen LogP contribution in [0.15, 0.2) is 60.7 Å². The maximum atomic E-state index is 13.6. The zero-order valence-corrected chi connectivity index (χ0v) is 14.5. The Morgan fingerprint density at radius 2 is 1.62 bits per heavy atom. The number of aromatic nitrogens is 1. The van der Waals surface area contributed by atoms with Crippen LogP contribution in [0.3, 0.4) is 0 Å². The van der Waals surface area contributed by atoms with Gasteiger partial charge in [-0.2, -0.15) is 0 Å². The maximum Gasteiger partial charge on any atom is 0.340 e. The molecule has 0 saturated carbocycles. The summed E-state index contributed by atoms with van der Waals surface area (Å²) in [5.74, 6) is -1.81. The second kappa shape index (κ2) is 7.35. The first-order valence-corrected chi connectivity index (χ1v) is 8.18. The molecule has 0 radical (unpaired) electrons. The summed E-state index contributed by atoms with van der Waals surface area (Å²) in [5, 5.41) is 0. The van der Waals surface area contributed by atoms with Crippen LogP contribution < -0.4 is 0 Å². The van der Waals surface area contributed by atoms with Gasteiger partial charge in [0.15, 0.2) is 6.61 Å². The SMILES string of the molecule is Cc1cc(C(=O)OCC(=O)c2ccccc2F)c(C)n1-c1ccccc1. The molecule has 4 nitrogen and oxygen atoms in total. The van der Waals surface area contributed by atoms with Crippen molar-refractivity contribution in [1.82, 2.24) is 4.57 Å². The summed E-state index contributed by atoms with van der Waals surface area (Å²) in [6.45, 7) is 3.20. The molecule has 132 valence electrons. The highest BCUT2D eigenvalue weighted by Gasteiger charge is 2.20. The van der Waals surface area contributed by atoms with Gasteiger partial charge in [0.1, 0.15) is 5.82 Å². The topological polar surface area (TPSA) is 48.3 Å². The van der Waals surface area contributed by atoms with Crippen molar-refractivity contribution in [3.8, 4) is 5.69 Å². The molecule has 3 aromatic rings. The van der Waals surface area contributed by atoms with Gasteiger partial charge in [0.2, 0.25) is 5.78 Å². The van der Waals surface area contributed by atoms with Crippen molar-refractivity contribution in [2.24, 2.45) is 0 Å². The number of benzene rings is 2. The van der Waals surface area contributed by atoms with Crippen LogP contribution in [0, 0.1) is 19.7 Å². The number of para-hydroxylation sites is 1. The lowest BCUT2D eigenvalue weighted by molar-refractivity contribution is 0.0473. The predicted octanol–water partition coefficient (Wildman–Crippen LogP) is 4.27. The Morgan fingerprint density at radius 3 is 2.31 bits per heavy atom. The fourth-order valence-electron chi connectivity index (χ4n) is 2.92. The minimum atomic E-state index is -0.629. The van der Waals surface area contributed by atoms with E-state index in [4.69, 9.17) is 4.74 Å². The van der Waals surface area contributed by atoms with E-state index < -0.39 is 24.2 Å². The molecule has 1 heterocycles. The summed E-state index contributed by atoms with van der Waals surface area (Å²) >= 11 is 0. The number of Topliss-reactive ketones (excluding diaryl/α,β-unsaturated/α-hetero) is 1. The Labute approximate surface area is 150 Å². The van der Waals surface area contributed by atoms with E-state index in [-0.39, 0.29) is 5.56 Å². The van der Waals surface area contributed by atoms with Gasteiger partial charge in [-0.3, -0.25) is 4.79 Å². The number of halogens is 1. The largest absolute Gasteiger partial charge is 0.454 e. The highest BCUT2D eigenvalue weighted by atomic mass is 19.1. The van der Waals surface area contributed by atoms with Crippen molar-refractivity contribution >= 4 is 11.8 Å². The van der Waals surface area contributed by atoms with Gasteiger partial charge < -0.3 is 9.30 Å². The molecule has 0 bridgehead atoms. The summed E-state index contributed by atoms with van der Waals surface area (Å²) in [6.07, 6.45) is 0. The monoisotopic (exact) mass is 351 g/mol. The van der Waals surface area contributed by atoms with Gasteiger partial charge in [0.05, 0.1) is 11.1 Å². The van der Waals surface area contributed by atoms with Crippen LogP contribution in [0.5, 0.6) is 0 Å². The summed E-state index contributed by atoms with van der Waals surface area (Å²) < 4.78 is 20.7. The number of aryl methyl sites for hydroxylation is 1. The number of esters is 1. The van der Waals surface area contributed by atoms with Gasteiger partial charge in [-0.15, -0.1) is 0 Å². The number of ether oxygens (including phenoxy) is 1. The third kappa shape index (κ3) is 3.42. The van der Waals surface area contributed by atoms with Gasteiger partial charge in [-0.25, -0.2) is 9.18 Å². The van der Waals surface area contributed by atoms with Gasteiger partial charge in [0.25, 0.3) is 0 Å². The molecule has 0 aliphatic carbocycles. The fraction of sp³-hybridized carbons (Fsp3) is 0.143. The second-order valence-electron chi connectivity index (χ2n) is 5.93. The van der Waals surface area contributed by atoms with E-state index >= 15 is 0 Å². The molecule has 0 amide bonds. The number of rotatable bonds is 5. The lowest BCUT2D eigenvalue weighted by Crippen LogP contribution is -2.16. The molecule has 5 heteroatoms. The average Bonchev–Trinajstić information content (AvgIpc) is 2.95. The van der Waals surface area contributed by atoms with Crippen LogP contribution in [0.2, 0.25) is 0 Å². The van der Waals surface area contributed by atoms with Crippen molar-refractivity contribution in [3.05, 3.63) is 89.0 Å². The molecule has 0 atom stereocenters. The van der Waals surface area contributed by atoms with Crippen molar-refractivity contribution in [2.45, 2.75) is 13.8 Å². The van der Waals surface area contributed by atoms with E-state index in [0.29, 0.717) is 5.56 Å². The lowest BCUT2D eigenvalue weighted by Gasteiger charge is -2.09. The molecule has 0 fully saturated rings. The minimum Gasteiger partial charge on any atom is -0.454 e. The Morgan fingerprint density at radius 1 is 0.962 bits per heavy atom. The standard InChI is InChI=1S/C21H18FNO3/c1-14-12-18(15(2)23(14)16-8-4-3-5-9-16)21(25)26-13-20(24)17-10-6-7-11-19(17)22/h3-12H,13H2,1-2H3. The first kappa shape index (κ1) is 17.6. The highest BCUT2D eigenvalue weighted by molar-refractivity contribution is 5.99. The summed E-state index contributed by atoms with van der Waals surface area (Å²) in [7, 11) is 0. The lowest BCUT2D eigenvalue weighted by atomic mass is 10.1. The Kier molecular flexibility index (Phi) is 4.98. The molecule has 0 N–H and O–H groups in total. The first-order chi connectivity index (χ1) is 12.5. The summed E-state index contributed by atoms with van der Waals surface area (Å²) in [4.78, 5) is 24.5. The Balaban J connectivity index is 1.77. The van der Waals surface area contributed by atoms with E-state index in [9.17, 15) is 14.0 Å². The zero-order chi connectivity index (χ0) is 18.7. The van der Waals surface area contributed by atoms with Gasteiger partial charge in [0, 0.05) is 17.1 Å². The molecule has 3 rings (SSSR count). The van der Waals surface area contributed by atoms with Crippen LogP contribution in [-0.4, -0.2) is 22.9 Å². The molecular weight excluding hydrogens is 333 g/mol. The molecule has 26 heavy (non-hydrogen) atoms. The van der Waals surface area contributed by atoms with E-state index in [1.54, 1.807) is 12.1 Å². The highest BCUT2D eigenvalue weighted by Crippen LogP contribution is 2.21. The summed E-state index contributed by atoms with van der Waals surface area (Å²) in [5.41, 5.74) is 2.82. The third-order valence-electron chi connectivity index (χ3n) is 4.17. The van der Waals surface area contributed by atoms with Crippen LogP contribution in [-0.2, 0) is 4.74 Å². The van der Waals surface area contributed by atoms with Gasteiger partial charge >= 0.3 is 5.97 Å². The zero-order valence-electron chi connectivity index (χ0n) is 14.5. The molecule has 2 aromatic carbocycles. The van der Waals surface area contributed by atoms with Crippen LogP contribution in [0.4, 0.5) is 4.39 Å². The van der Waals surface area contributed by atoms with E-state index in [1.807, 2.05) is 48.7 Å². The number of carbonyl (C=O) groups excluding carboxylic acids is 2. The normalized spacial score (nSPS) is 10.6. The quantitative estimate of drug-likeness (QED) is 0.509. The van der Waals surface area contributed by atoms with Crippen LogP contribution in [0.25, 0.3) is 5.69 Å². The number of hydrogen-bond donors (Lipinski definition) is 0. The number of carbonyl (C=O) groups is 2. The Bertz CT molecular complexity index is 961. The Hall–Kier alpha value is -3.21. The van der Waals surface area contributed by atoms with Crippen LogP contribution >= 0.6 is 0 Å². The molecule has 0 saturated heterocycles. The number of ketones is 1. The van der Waals surface area contributed by atoms with Crippen molar-refractivity contribution in [2.75, 3.05) is 6.61 Å².